The van der Waals surface area contributed by atoms with Gasteiger partial charge in [-0.25, -0.2) is 0 Å². The van der Waals surface area contributed by atoms with E-state index in [0.29, 0.717) is 0 Å². The second-order valence-electron chi connectivity index (χ2n) is 0. The van der Waals surface area contributed by atoms with E-state index >= 15 is 0 Å². The number of rotatable bonds is 0. The largest absolute Gasteiger partial charge is 3.00 e. The summed E-state index contributed by atoms with van der Waals surface area (Å²) in [6.45, 7) is 0. The van der Waals surface area contributed by atoms with Crippen molar-refractivity contribution in [3.63, 3.8) is 0 Å². The van der Waals surface area contributed by atoms with Crippen molar-refractivity contribution in [1.29, 1.82) is 0 Å². The molecule has 0 aromatic rings. The Labute approximate surface area is 161 Å². The molecule has 0 aromatic heterocycles. The molecule has 7 heteroatoms. The van der Waals surface area contributed by atoms with E-state index in [1.165, 1.54) is 0 Å². The first-order valence-corrected chi connectivity index (χ1v) is 0. The smallest absolute Gasteiger partial charge is 2.00 e. The Hall–Kier alpha value is 4.76. The van der Waals surface area contributed by atoms with Crippen LogP contribution in [0.15, 0.2) is 0 Å². The van der Waals surface area contributed by atoms with E-state index in [-0.39, 0.29) is 166 Å². The molecule has 0 aliphatic heterocycles. The van der Waals surface area contributed by atoms with Crippen LogP contribution in [0.25, 0.3) is 0 Å². The van der Waals surface area contributed by atoms with Crippen molar-refractivity contribution in [2.45, 2.75) is 0 Å². The summed E-state index contributed by atoms with van der Waals surface area (Å²) in [5, 5.41) is 0. The summed E-state index contributed by atoms with van der Waals surface area (Å²) in [6.07, 6.45) is 0. The summed E-state index contributed by atoms with van der Waals surface area (Å²) in [5.74, 6) is 0. The molecule has 0 aromatic carbocycles. The van der Waals surface area contributed by atoms with Crippen LogP contribution in [0, 0.1) is 0 Å². The molecule has 0 aliphatic rings. The van der Waals surface area contributed by atoms with E-state index in [0.717, 1.165) is 0 Å². The van der Waals surface area contributed by atoms with Crippen molar-refractivity contribution in [1.82, 2.24) is 0 Å². The first kappa shape index (κ1) is 60.1. The predicted octanol–water partition coefficient (Wildman–Crippen LogP) is -2.19. The molecule has 0 radical (unpaired) electrons. The number of hydrogen-bond acceptors (Lipinski definition) is 0. The summed E-state index contributed by atoms with van der Waals surface area (Å²) in [5.41, 5.74) is 0. The fraction of sp³-hybridized carbons (Fsp3) is 0. The van der Waals surface area contributed by atoms with Crippen molar-refractivity contribution in [2.24, 2.45) is 0 Å². The standard InChI is InChI=1S/2Ba.3O.2Sc.4H/q;;3*-2;2*+3;;;;. The van der Waals surface area contributed by atoms with Gasteiger partial charge in [0.2, 0.25) is 0 Å². The fourth-order valence-electron chi connectivity index (χ4n) is 0. The van der Waals surface area contributed by atoms with Gasteiger partial charge in [-0.05, 0) is 0 Å². The van der Waals surface area contributed by atoms with Gasteiger partial charge in [-0.15, -0.1) is 0 Å². The van der Waals surface area contributed by atoms with Gasteiger partial charge in [0.1, 0.15) is 0 Å². The molecule has 0 aliphatic carbocycles. The molecule has 0 rings (SSSR count). The van der Waals surface area contributed by atoms with E-state index < -0.39 is 0 Å². The molecule has 0 unspecified atom stereocenters. The van der Waals surface area contributed by atoms with Gasteiger partial charge in [0.25, 0.3) is 0 Å². The van der Waals surface area contributed by atoms with Crippen LogP contribution < -0.4 is 0 Å². The Kier molecular flexibility index (Phi) is 388. The van der Waals surface area contributed by atoms with Gasteiger partial charge in [-0.1, -0.05) is 0 Å². The van der Waals surface area contributed by atoms with Crippen molar-refractivity contribution >= 4 is 97.8 Å². The van der Waals surface area contributed by atoms with Crippen LogP contribution in [0.5, 0.6) is 0 Å². The van der Waals surface area contributed by atoms with Gasteiger partial charge in [0, 0.05) is 0 Å². The maximum absolute atomic E-state index is 0. The third kappa shape index (κ3) is 36.4. The number of hydrogen-bond donors (Lipinski definition) is 0. The molecule has 32 valence electrons. The average Bonchev–Trinajstić information content (AvgIpc) is 0. The molecule has 0 amide bonds. The maximum Gasteiger partial charge on any atom is 3.00 e. The van der Waals surface area contributed by atoms with Crippen LogP contribution in [0.1, 0.15) is 0 Å². The Morgan fingerprint density at radius 1 is 0.429 bits per heavy atom. The zero-order chi connectivity index (χ0) is 0. The van der Waals surface area contributed by atoms with Gasteiger partial charge < -0.3 is 16.4 Å². The Morgan fingerprint density at radius 2 is 0.429 bits per heavy atom. The monoisotopic (exact) mass is 418 g/mol. The van der Waals surface area contributed by atoms with Crippen molar-refractivity contribution < 1.29 is 68.1 Å². The molecule has 7 heavy (non-hydrogen) atoms. The van der Waals surface area contributed by atoms with E-state index in [4.69, 9.17) is 0 Å². The third-order valence-corrected chi connectivity index (χ3v) is 0. The summed E-state index contributed by atoms with van der Waals surface area (Å²) in [7, 11) is 0. The van der Waals surface area contributed by atoms with Crippen molar-refractivity contribution in [3.05, 3.63) is 0 Å². The average molecular weight is 417 g/mol. The Bertz CT molecular complexity index is 10.9. The first-order valence-electron chi connectivity index (χ1n) is 0. The van der Waals surface area contributed by atoms with Gasteiger partial charge in [-0.2, -0.15) is 0 Å². The summed E-state index contributed by atoms with van der Waals surface area (Å²) in [4.78, 5) is 0. The van der Waals surface area contributed by atoms with Gasteiger partial charge >= 0.3 is 149 Å². The molecule has 0 spiro atoms. The van der Waals surface area contributed by atoms with Gasteiger partial charge in [0.05, 0.1) is 0 Å². The topological polar surface area (TPSA) is 85.5 Å². The second-order valence-corrected chi connectivity index (χ2v) is 0. The predicted molar refractivity (Wildman–Crippen MR) is 19.1 cm³/mol. The molecule has 3 nitrogen and oxygen atoms in total. The van der Waals surface area contributed by atoms with E-state index in [1.54, 1.807) is 0 Å². The minimum Gasteiger partial charge on any atom is -2.00 e. The first-order chi connectivity index (χ1) is 0. The summed E-state index contributed by atoms with van der Waals surface area (Å²) >= 11 is 0. The zero-order valence-electron chi connectivity index (χ0n) is 2.38. The quantitative estimate of drug-likeness (QED) is 0.402. The van der Waals surface area contributed by atoms with Crippen LogP contribution in [-0.4, -0.2) is 97.8 Å². The normalized spacial score (nSPS) is 0. The summed E-state index contributed by atoms with van der Waals surface area (Å²) < 4.78 is 0. The second kappa shape index (κ2) is 45.2. The SMILES string of the molecule is [BaH2].[BaH2].[O-2].[O-2].[O-2].[Sc+3].[Sc+3]. The third-order valence-electron chi connectivity index (χ3n) is 0. The van der Waals surface area contributed by atoms with Crippen LogP contribution in [0.4, 0.5) is 0 Å². The molecule has 0 heterocycles. The van der Waals surface area contributed by atoms with Gasteiger partial charge in [-0.3, -0.25) is 0 Å². The molecule has 0 bridgehead atoms. The summed E-state index contributed by atoms with van der Waals surface area (Å²) in [6, 6.07) is 0. The zero-order valence-corrected chi connectivity index (χ0v) is 5.99. The molecule has 0 saturated carbocycles. The minimum absolute atomic E-state index is 0. The minimum atomic E-state index is 0. The van der Waals surface area contributed by atoms with Crippen LogP contribution in [0.3, 0.4) is 0 Å². The molecule has 0 saturated heterocycles. The Morgan fingerprint density at radius 3 is 0.429 bits per heavy atom. The van der Waals surface area contributed by atoms with Crippen LogP contribution in [-0.2, 0) is 68.1 Å². The molecule has 0 atom stereocenters. The Balaban J connectivity index is 0. The molecular formula is H4Ba2O3Sc2. The molecular weight excluding hydrogens is 413 g/mol. The van der Waals surface area contributed by atoms with Crippen LogP contribution >= 0.6 is 0 Å². The van der Waals surface area contributed by atoms with Crippen LogP contribution in [0.2, 0.25) is 0 Å². The van der Waals surface area contributed by atoms with E-state index in [1.807, 2.05) is 0 Å². The maximum atomic E-state index is 0. The van der Waals surface area contributed by atoms with Crippen molar-refractivity contribution in [3.8, 4) is 0 Å². The van der Waals surface area contributed by atoms with Crippen molar-refractivity contribution in [2.75, 3.05) is 0 Å². The molecule has 0 fully saturated rings. The fourth-order valence-corrected chi connectivity index (χ4v) is 0. The van der Waals surface area contributed by atoms with E-state index in [9.17, 15) is 0 Å². The van der Waals surface area contributed by atoms with E-state index in [2.05, 4.69) is 0 Å². The molecule has 0 N–H and O–H groups in total. The van der Waals surface area contributed by atoms with Gasteiger partial charge in [0.15, 0.2) is 0 Å².